The molecule has 1 aliphatic rings. The first-order valence-corrected chi connectivity index (χ1v) is 6.01. The standard InChI is InChI=1S/C12H20N4/c1-8-4-3-5-10(9(8)2)16-12-7-14-11(13)6-15-12/h6-10H,3-5H2,1-2H3,(H2,13,14)(H,15,16). The van der Waals surface area contributed by atoms with Crippen LogP contribution in [0.1, 0.15) is 33.1 Å². The summed E-state index contributed by atoms with van der Waals surface area (Å²) in [6.45, 7) is 4.64. The molecule has 16 heavy (non-hydrogen) atoms. The third-order valence-corrected chi connectivity index (χ3v) is 3.71. The van der Waals surface area contributed by atoms with E-state index in [9.17, 15) is 0 Å². The number of aromatic nitrogens is 2. The summed E-state index contributed by atoms with van der Waals surface area (Å²) in [4.78, 5) is 8.27. The minimum atomic E-state index is 0.468. The second-order valence-electron chi connectivity index (χ2n) is 4.84. The summed E-state index contributed by atoms with van der Waals surface area (Å²) in [6.07, 6.45) is 7.16. The van der Waals surface area contributed by atoms with Crippen LogP contribution in [-0.4, -0.2) is 16.0 Å². The lowest BCUT2D eigenvalue weighted by atomic mass is 9.78. The maximum Gasteiger partial charge on any atom is 0.144 e. The summed E-state index contributed by atoms with van der Waals surface area (Å²) >= 11 is 0. The van der Waals surface area contributed by atoms with Crippen molar-refractivity contribution in [1.82, 2.24) is 9.97 Å². The molecule has 1 heterocycles. The molecule has 0 aliphatic heterocycles. The minimum absolute atomic E-state index is 0.468. The van der Waals surface area contributed by atoms with Crippen LogP contribution in [0.3, 0.4) is 0 Å². The molecule has 88 valence electrons. The van der Waals surface area contributed by atoms with Crippen molar-refractivity contribution < 1.29 is 0 Å². The normalized spacial score (nSPS) is 30.0. The van der Waals surface area contributed by atoms with Gasteiger partial charge in [0.1, 0.15) is 11.6 Å². The lowest BCUT2D eigenvalue weighted by Crippen LogP contribution is -2.35. The molecule has 1 aromatic rings. The van der Waals surface area contributed by atoms with Gasteiger partial charge in [0.25, 0.3) is 0 Å². The first-order valence-electron chi connectivity index (χ1n) is 6.01. The molecule has 1 fully saturated rings. The highest BCUT2D eigenvalue weighted by Crippen LogP contribution is 2.31. The molecular weight excluding hydrogens is 200 g/mol. The second-order valence-corrected chi connectivity index (χ2v) is 4.84. The predicted molar refractivity (Wildman–Crippen MR) is 66.0 cm³/mol. The topological polar surface area (TPSA) is 63.8 Å². The van der Waals surface area contributed by atoms with Crippen molar-refractivity contribution in [1.29, 1.82) is 0 Å². The van der Waals surface area contributed by atoms with Crippen molar-refractivity contribution in [2.45, 2.75) is 39.2 Å². The molecule has 1 saturated carbocycles. The quantitative estimate of drug-likeness (QED) is 0.802. The SMILES string of the molecule is CC1CCCC(Nc2cnc(N)cn2)C1C. The van der Waals surface area contributed by atoms with Crippen molar-refractivity contribution in [2.75, 3.05) is 11.1 Å². The summed E-state index contributed by atoms with van der Waals surface area (Å²) in [7, 11) is 0. The molecule has 4 nitrogen and oxygen atoms in total. The van der Waals surface area contributed by atoms with Crippen LogP contribution in [0.15, 0.2) is 12.4 Å². The van der Waals surface area contributed by atoms with Crippen molar-refractivity contribution in [3.05, 3.63) is 12.4 Å². The molecule has 2 rings (SSSR count). The van der Waals surface area contributed by atoms with Gasteiger partial charge in [-0.25, -0.2) is 9.97 Å². The fourth-order valence-corrected chi connectivity index (χ4v) is 2.39. The van der Waals surface area contributed by atoms with Crippen LogP contribution in [0, 0.1) is 11.8 Å². The van der Waals surface area contributed by atoms with Crippen LogP contribution in [0.2, 0.25) is 0 Å². The zero-order chi connectivity index (χ0) is 11.5. The Bertz CT molecular complexity index is 335. The van der Waals surface area contributed by atoms with Crippen LogP contribution in [0.4, 0.5) is 11.6 Å². The maximum atomic E-state index is 5.51. The van der Waals surface area contributed by atoms with E-state index in [1.165, 1.54) is 19.3 Å². The van der Waals surface area contributed by atoms with Gasteiger partial charge in [-0.2, -0.15) is 0 Å². The van der Waals surface area contributed by atoms with E-state index in [0.717, 1.165) is 11.7 Å². The minimum Gasteiger partial charge on any atom is -0.382 e. The van der Waals surface area contributed by atoms with Gasteiger partial charge in [-0.15, -0.1) is 0 Å². The molecule has 0 aromatic carbocycles. The van der Waals surface area contributed by atoms with Crippen molar-refractivity contribution in [2.24, 2.45) is 11.8 Å². The van der Waals surface area contributed by atoms with Crippen LogP contribution >= 0.6 is 0 Å². The first-order chi connectivity index (χ1) is 7.66. The lowest BCUT2D eigenvalue weighted by molar-refractivity contribution is 0.253. The third-order valence-electron chi connectivity index (χ3n) is 3.71. The van der Waals surface area contributed by atoms with Crippen molar-refractivity contribution in [3.8, 4) is 0 Å². The van der Waals surface area contributed by atoms with E-state index in [1.807, 2.05) is 0 Å². The Labute approximate surface area is 96.7 Å². The summed E-state index contributed by atoms with van der Waals surface area (Å²) < 4.78 is 0. The van der Waals surface area contributed by atoms with E-state index in [1.54, 1.807) is 12.4 Å². The molecule has 0 radical (unpaired) electrons. The fraction of sp³-hybridized carbons (Fsp3) is 0.667. The monoisotopic (exact) mass is 220 g/mol. The van der Waals surface area contributed by atoms with Crippen LogP contribution in [0.5, 0.6) is 0 Å². The van der Waals surface area contributed by atoms with E-state index in [-0.39, 0.29) is 0 Å². The number of anilines is 2. The summed E-state index contributed by atoms with van der Waals surface area (Å²) in [5.74, 6) is 2.77. The van der Waals surface area contributed by atoms with E-state index in [2.05, 4.69) is 29.1 Å². The predicted octanol–water partition coefficient (Wildman–Crippen LogP) is 2.30. The molecule has 0 bridgehead atoms. The number of rotatable bonds is 2. The highest BCUT2D eigenvalue weighted by atomic mass is 15.0. The van der Waals surface area contributed by atoms with Crippen LogP contribution < -0.4 is 11.1 Å². The number of nitrogens with two attached hydrogens (primary N) is 1. The Morgan fingerprint density at radius 3 is 2.75 bits per heavy atom. The molecule has 1 aliphatic carbocycles. The Balaban J connectivity index is 2.00. The molecule has 0 amide bonds. The van der Waals surface area contributed by atoms with Gasteiger partial charge < -0.3 is 11.1 Å². The highest BCUT2D eigenvalue weighted by molar-refractivity contribution is 5.37. The second kappa shape index (κ2) is 4.68. The van der Waals surface area contributed by atoms with Crippen LogP contribution in [0.25, 0.3) is 0 Å². The molecule has 0 saturated heterocycles. The lowest BCUT2D eigenvalue weighted by Gasteiger charge is -2.34. The number of nitrogen functional groups attached to an aromatic ring is 1. The maximum absolute atomic E-state index is 5.51. The van der Waals surface area contributed by atoms with Gasteiger partial charge in [0.2, 0.25) is 0 Å². The third kappa shape index (κ3) is 2.43. The summed E-state index contributed by atoms with van der Waals surface area (Å²) in [5.41, 5.74) is 5.51. The van der Waals surface area contributed by atoms with Gasteiger partial charge in [-0.3, -0.25) is 0 Å². The first kappa shape index (κ1) is 11.2. The number of nitrogens with zero attached hydrogens (tertiary/aromatic N) is 2. The molecule has 1 aromatic heterocycles. The fourth-order valence-electron chi connectivity index (χ4n) is 2.39. The Kier molecular flexibility index (Phi) is 3.27. The van der Waals surface area contributed by atoms with E-state index >= 15 is 0 Å². The molecule has 0 spiro atoms. The average Bonchev–Trinajstić information content (AvgIpc) is 2.28. The van der Waals surface area contributed by atoms with Crippen molar-refractivity contribution in [3.63, 3.8) is 0 Å². The molecular formula is C12H20N4. The van der Waals surface area contributed by atoms with Crippen LogP contribution in [-0.2, 0) is 0 Å². The van der Waals surface area contributed by atoms with Gasteiger partial charge in [0.05, 0.1) is 12.4 Å². The molecule has 3 unspecified atom stereocenters. The number of nitrogens with one attached hydrogen (secondary N) is 1. The van der Waals surface area contributed by atoms with E-state index < -0.39 is 0 Å². The Morgan fingerprint density at radius 1 is 1.25 bits per heavy atom. The molecule has 4 heteroatoms. The van der Waals surface area contributed by atoms with Gasteiger partial charge in [-0.05, 0) is 18.3 Å². The van der Waals surface area contributed by atoms with Gasteiger partial charge in [0.15, 0.2) is 0 Å². The van der Waals surface area contributed by atoms with Crippen molar-refractivity contribution >= 4 is 11.6 Å². The largest absolute Gasteiger partial charge is 0.382 e. The zero-order valence-electron chi connectivity index (χ0n) is 9.98. The molecule has 3 atom stereocenters. The summed E-state index contributed by atoms with van der Waals surface area (Å²) in [5, 5.41) is 3.46. The van der Waals surface area contributed by atoms with Gasteiger partial charge >= 0.3 is 0 Å². The summed E-state index contributed by atoms with van der Waals surface area (Å²) in [6, 6.07) is 0.515. The van der Waals surface area contributed by atoms with E-state index in [4.69, 9.17) is 5.73 Å². The zero-order valence-corrected chi connectivity index (χ0v) is 9.98. The van der Waals surface area contributed by atoms with Gasteiger partial charge in [0, 0.05) is 6.04 Å². The smallest absolute Gasteiger partial charge is 0.144 e. The van der Waals surface area contributed by atoms with E-state index in [0.29, 0.717) is 17.8 Å². The highest BCUT2D eigenvalue weighted by Gasteiger charge is 2.26. The molecule has 3 N–H and O–H groups in total. The average molecular weight is 220 g/mol. The Hall–Kier alpha value is -1.32. The number of hydrogen-bond donors (Lipinski definition) is 2. The Morgan fingerprint density at radius 2 is 2.06 bits per heavy atom. The van der Waals surface area contributed by atoms with Gasteiger partial charge in [-0.1, -0.05) is 26.7 Å². The number of hydrogen-bond acceptors (Lipinski definition) is 4.